The Balaban J connectivity index is 1.12. The zero-order valence-electron chi connectivity index (χ0n) is 68.5. The second-order valence-corrected chi connectivity index (χ2v) is 40.0. The molecule has 129 heavy (non-hydrogen) atoms. The number of aliphatic hydroxyl groups is 16. The standard InChI is InChI=1S/C73H114O48S8/c1-105-41(88)9-17-129-25-33-65-49(96)57(104)73(113-33)120-64-32(24-128-16-8-40(86)87)111-71(55(102)47(64)94)118-62-30(22-126-14-6-38(82)83)109-69(53(100)45(62)92)116-60-28(20-124-12-4-36(78)79)107-67(51(98)43(60)90)114-58-26(18-122-10-2-34(74)75)106-66(50(97)42(58)89)115-59-27(19-123-11-3-35(76)77)108-68(52(99)44(59)91)117-61-29(21-125-13-5-37(80)81)110-70(54(101)46(61)93)119-63-31(23-127-15-7-39(84)85)112-72(121-65)56(103)48(63)95/h26-33,42-73,89-104H,2-25H2,1H3,(H,74,75)(H,76,77)(H,78,79)(H,80,81)(H,82,83)(H,84,85)(H,86,87)/p-7/t26-,27-,28-,29-,30-,31-,32-,33-,42-,43-,44-,45-,46-,47-,48-,49-,50-,51-,52-,53-,54-,55-,56-,57-,58-,59-,60-,61-,62-,63-,64-,65-,66-,67-,68-,69-,70-,71-,72-,73-/m1/s1. The Kier molecular flexibility index (Phi) is 45.5. The summed E-state index contributed by atoms with van der Waals surface area (Å²) in [6, 6.07) is 0. The predicted molar refractivity (Wildman–Crippen MR) is 427 cm³/mol. The molecule has 48 nitrogen and oxygen atoms in total. The Hall–Kier alpha value is -2.72. The lowest BCUT2D eigenvalue weighted by Gasteiger charge is -2.51. The molecule has 0 aromatic heterocycles. The van der Waals surface area contributed by atoms with Crippen LogP contribution in [0, 0.1) is 0 Å². The van der Waals surface area contributed by atoms with E-state index < -0.39 is 379 Å². The van der Waals surface area contributed by atoms with Crippen molar-refractivity contribution in [1.82, 2.24) is 0 Å². The van der Waals surface area contributed by atoms with Gasteiger partial charge in [-0.05, 0) is 85.2 Å². The van der Waals surface area contributed by atoms with E-state index in [2.05, 4.69) is 0 Å². The zero-order chi connectivity index (χ0) is 94.4. The molecule has 16 bridgehead atoms. The van der Waals surface area contributed by atoms with E-state index in [0.717, 1.165) is 101 Å². The minimum Gasteiger partial charge on any atom is -0.550 e. The van der Waals surface area contributed by atoms with Crippen LogP contribution in [0.3, 0.4) is 0 Å². The number of ether oxygens (including phenoxy) is 17. The van der Waals surface area contributed by atoms with Crippen LogP contribution in [-0.2, 0) is 119 Å². The third-order valence-electron chi connectivity index (χ3n) is 21.5. The maximum Gasteiger partial charge on any atom is 0.306 e. The number of hydrogen-bond acceptors (Lipinski definition) is 56. The molecule has 30 aliphatic heterocycles. The van der Waals surface area contributed by atoms with Crippen molar-refractivity contribution in [2.75, 3.05) is 99.2 Å². The molecule has 16 N–H and O–H groups in total. The quantitative estimate of drug-likeness (QED) is 0.0200. The minimum absolute atomic E-state index is 0.0409. The molecule has 30 heterocycles. The lowest BCUT2D eigenvalue weighted by molar-refractivity contribution is -0.396. The van der Waals surface area contributed by atoms with E-state index in [0.29, 0.717) is 0 Å². The summed E-state index contributed by atoms with van der Waals surface area (Å²) in [5.41, 5.74) is 0. The van der Waals surface area contributed by atoms with Crippen LogP contribution in [-0.4, -0.2) is 474 Å². The Morgan fingerprint density at radius 1 is 0.202 bits per heavy atom. The molecule has 742 valence electrons. The molecule has 30 saturated heterocycles. The van der Waals surface area contributed by atoms with Gasteiger partial charge in [0.25, 0.3) is 0 Å². The van der Waals surface area contributed by atoms with Gasteiger partial charge in [0.05, 0.1) is 62.4 Å². The number of methoxy groups -OCH3 is 1. The number of thioether (sulfide) groups is 8. The van der Waals surface area contributed by atoms with Crippen LogP contribution in [0.1, 0.15) is 51.4 Å². The third-order valence-corrected chi connectivity index (χ3v) is 30.0. The largest absolute Gasteiger partial charge is 0.550 e. The van der Waals surface area contributed by atoms with Gasteiger partial charge in [-0.1, -0.05) is 0 Å². The zero-order valence-corrected chi connectivity index (χ0v) is 75.1. The molecule has 0 aromatic carbocycles. The molecule has 40 atom stereocenters. The Bertz CT molecular complexity index is 3230. The van der Waals surface area contributed by atoms with Gasteiger partial charge in [-0.3, -0.25) is 4.79 Å². The van der Waals surface area contributed by atoms with E-state index in [-0.39, 0.29) is 58.2 Å². The Labute approximate surface area is 769 Å². The fraction of sp³-hybridized carbons (Fsp3) is 0.890. The van der Waals surface area contributed by atoms with E-state index in [9.17, 15) is 156 Å². The molecular formula is C73H107O48S8-7. The number of aliphatic carboxylic acids is 7. The second-order valence-electron chi connectivity index (χ2n) is 30.8. The highest BCUT2D eigenvalue weighted by Gasteiger charge is 2.61. The maximum atomic E-state index is 12.4. The van der Waals surface area contributed by atoms with Crippen LogP contribution in [0.25, 0.3) is 0 Å². The number of carbonyl (C=O) groups excluding carboxylic acids is 8. The predicted octanol–water partition coefficient (Wildman–Crippen LogP) is -16.9. The fourth-order valence-corrected chi connectivity index (χ4v) is 22.6. The molecule has 30 rings (SSSR count). The topological polar surface area (TPSA) is 779 Å². The summed E-state index contributed by atoms with van der Waals surface area (Å²) in [7, 11) is 1.11. The van der Waals surface area contributed by atoms with Crippen molar-refractivity contribution in [3.05, 3.63) is 0 Å². The normalized spacial score (nSPS) is 41.2. The summed E-state index contributed by atoms with van der Waals surface area (Å²) in [5, 5.41) is 277. The number of carboxylic acids is 7. The summed E-state index contributed by atoms with van der Waals surface area (Å²) in [6.45, 7) is 0. The van der Waals surface area contributed by atoms with Crippen molar-refractivity contribution in [2.24, 2.45) is 0 Å². The van der Waals surface area contributed by atoms with E-state index in [1.807, 2.05) is 0 Å². The first-order chi connectivity index (χ1) is 61.3. The van der Waals surface area contributed by atoms with Crippen molar-refractivity contribution in [3.8, 4) is 0 Å². The highest BCUT2D eigenvalue weighted by molar-refractivity contribution is 8.00. The van der Waals surface area contributed by atoms with E-state index >= 15 is 0 Å². The van der Waals surface area contributed by atoms with Gasteiger partial charge in [0.15, 0.2) is 50.3 Å². The van der Waals surface area contributed by atoms with Gasteiger partial charge in [0.2, 0.25) is 0 Å². The maximum absolute atomic E-state index is 12.4. The highest BCUT2D eigenvalue weighted by atomic mass is 32.2. The van der Waals surface area contributed by atoms with Gasteiger partial charge in [0, 0.05) is 93.6 Å². The summed E-state index contributed by atoms with van der Waals surface area (Å²) >= 11 is 6.76. The van der Waals surface area contributed by atoms with Crippen molar-refractivity contribution in [1.29, 1.82) is 0 Å². The number of esters is 1. The summed E-state index contributed by atoms with van der Waals surface area (Å²) in [6.07, 6.45) is -87.6. The Morgan fingerprint density at radius 2 is 0.318 bits per heavy atom. The van der Waals surface area contributed by atoms with Crippen LogP contribution in [0.2, 0.25) is 0 Å². The number of rotatable bonds is 40. The molecule has 30 aliphatic rings. The highest BCUT2D eigenvalue weighted by Crippen LogP contribution is 2.43. The van der Waals surface area contributed by atoms with E-state index in [1.54, 1.807) is 0 Å². The molecule has 0 radical (unpaired) electrons. The van der Waals surface area contributed by atoms with Crippen molar-refractivity contribution in [3.63, 3.8) is 0 Å². The molecule has 0 unspecified atom stereocenters. The molecule has 0 spiro atoms. The minimum atomic E-state index is -2.36. The lowest BCUT2D eigenvalue weighted by atomic mass is 9.95. The van der Waals surface area contributed by atoms with E-state index in [1.165, 1.54) is 0 Å². The molecule has 56 heteroatoms. The van der Waals surface area contributed by atoms with Crippen LogP contribution >= 0.6 is 94.1 Å². The molecule has 0 saturated carbocycles. The summed E-state index contributed by atoms with van der Waals surface area (Å²) < 4.78 is 105. The first-order valence-electron chi connectivity index (χ1n) is 40.7. The first-order valence-corrected chi connectivity index (χ1v) is 50.0. The smallest absolute Gasteiger partial charge is 0.306 e. The SMILES string of the molecule is COC(=O)CCSC[C@H]1O[C@@H]2O[C@H]3[C@H](O)[C@@H](O)[C@@H](O[C@H]4[C@H](O)[C@@H](O)[C@@H](O[C@H]5[C@H](O)[C@@H](O)[C@@H](O[C@H]6[C@H](O)[C@@H](O)[C@@H](O[C@H]7[C@H](O)[C@@H](O)[C@@H](O[C@H]8[C@H](O)[C@@H](O)[C@@H](O[C@H]9[C@H](O)[C@@H](O)[C@@H](O[C@H]1[C@H](O)[C@H]2O)O[C@@H]9CSCCC(=O)[O-])O[C@@H]8CSCCC(=O)[O-])O[C@@H]7CSCCC(=O)[O-])O[C@@H]6CSCCC(=O)[O-])O[C@@H]5CSCCC(=O)[O-])O[C@@H]4CSCCC(=O)[O-])O[C@@H]3CSCCC(=O)[O-]. The third kappa shape index (κ3) is 31.1. The molecule has 0 aromatic rings. The molecule has 0 aliphatic carbocycles. The van der Waals surface area contributed by atoms with Gasteiger partial charge >= 0.3 is 5.97 Å². The van der Waals surface area contributed by atoms with E-state index in [4.69, 9.17) is 80.5 Å². The van der Waals surface area contributed by atoms with Crippen molar-refractivity contribution >= 4 is 142 Å². The number of aliphatic hydroxyl groups excluding tert-OH is 16. The van der Waals surface area contributed by atoms with Crippen molar-refractivity contribution < 1.29 is 236 Å². The van der Waals surface area contributed by atoms with Crippen LogP contribution < -0.4 is 35.7 Å². The molecule has 0 amide bonds. The number of carboxylic acid groups (broad SMARTS) is 7. The monoisotopic (exact) mass is 2010 g/mol. The van der Waals surface area contributed by atoms with Gasteiger partial charge in [-0.15, -0.1) is 0 Å². The first kappa shape index (κ1) is 110. The summed E-state index contributed by atoms with van der Waals surface area (Å²) in [5.74, 6) is -16.3. The van der Waals surface area contributed by atoms with Crippen LogP contribution in [0.4, 0.5) is 0 Å². The lowest BCUT2D eigenvalue weighted by Crippen LogP contribution is -2.69. The average Bonchev–Trinajstić information content (AvgIpc) is 0.769. The van der Waals surface area contributed by atoms with Gasteiger partial charge < -0.3 is 232 Å². The number of hydrogen-bond donors (Lipinski definition) is 16. The van der Waals surface area contributed by atoms with Crippen molar-refractivity contribution in [2.45, 2.75) is 297 Å². The van der Waals surface area contributed by atoms with Crippen LogP contribution in [0.15, 0.2) is 0 Å². The van der Waals surface area contributed by atoms with Crippen LogP contribution in [0.5, 0.6) is 0 Å². The Morgan fingerprint density at radius 3 is 0.426 bits per heavy atom. The molecule has 30 fully saturated rings. The molecular weight excluding hydrogens is 1900 g/mol. The second kappa shape index (κ2) is 53.4. The fourth-order valence-electron chi connectivity index (χ4n) is 14.7. The van der Waals surface area contributed by atoms with Gasteiger partial charge in [-0.25, -0.2) is 0 Å². The van der Waals surface area contributed by atoms with Gasteiger partial charge in [-0.2, -0.15) is 94.1 Å². The van der Waals surface area contributed by atoms with Gasteiger partial charge in [0.1, 0.15) is 146 Å². The average molecular weight is 2010 g/mol. The number of carbonyl (C=O) groups is 8. The summed E-state index contributed by atoms with van der Waals surface area (Å²) in [4.78, 5) is 94.1.